The van der Waals surface area contributed by atoms with Crippen LogP contribution < -0.4 is 5.32 Å². The fourth-order valence-corrected chi connectivity index (χ4v) is 4.20. The molecule has 1 heterocycles. The maximum absolute atomic E-state index is 14.1. The molecule has 0 unspecified atom stereocenters. The summed E-state index contributed by atoms with van der Waals surface area (Å²) >= 11 is 0. The van der Waals surface area contributed by atoms with Crippen LogP contribution in [0.25, 0.3) is 11.3 Å². The topological polar surface area (TPSA) is 54.9 Å². The number of rotatable bonds is 4. The number of carbonyl (C=O) groups excluding carboxylic acids is 1. The van der Waals surface area contributed by atoms with Crippen molar-refractivity contribution in [3.63, 3.8) is 0 Å². The van der Waals surface area contributed by atoms with E-state index in [2.05, 4.69) is 29.4 Å². The van der Waals surface area contributed by atoms with E-state index in [9.17, 15) is 9.18 Å². The number of benzene rings is 1. The van der Waals surface area contributed by atoms with Crippen LogP contribution in [0.15, 0.2) is 30.3 Å². The van der Waals surface area contributed by atoms with Crippen LogP contribution in [-0.2, 0) is 10.2 Å². The number of amides is 1. The molecule has 2 aliphatic rings. The molecule has 0 spiro atoms. The molecule has 2 atom stereocenters. The van der Waals surface area contributed by atoms with E-state index in [-0.39, 0.29) is 11.7 Å². The summed E-state index contributed by atoms with van der Waals surface area (Å²) < 4.78 is 14.1. The predicted octanol–water partition coefficient (Wildman–Crippen LogP) is 3.57. The quantitative estimate of drug-likeness (QED) is 0.926. The average molecular weight is 339 g/mol. The number of carbonyl (C=O) groups is 1. The molecule has 5 heteroatoms. The molecule has 0 aliphatic heterocycles. The molecule has 4 rings (SSSR count). The molecule has 4 nitrogen and oxygen atoms in total. The van der Waals surface area contributed by atoms with E-state index < -0.39 is 5.41 Å². The molecule has 130 valence electrons. The Morgan fingerprint density at radius 2 is 2.16 bits per heavy atom. The molecule has 25 heavy (non-hydrogen) atoms. The van der Waals surface area contributed by atoms with Gasteiger partial charge in [-0.25, -0.2) is 4.39 Å². The van der Waals surface area contributed by atoms with Gasteiger partial charge in [0.1, 0.15) is 5.82 Å². The van der Waals surface area contributed by atoms with Gasteiger partial charge in [0.2, 0.25) is 5.91 Å². The van der Waals surface area contributed by atoms with E-state index >= 15 is 0 Å². The van der Waals surface area contributed by atoms with Crippen LogP contribution in [-0.4, -0.2) is 22.6 Å². The fraction of sp³-hybridized carbons (Fsp3) is 0.450. The number of halogens is 1. The largest absolute Gasteiger partial charge is 0.355 e. The van der Waals surface area contributed by atoms with E-state index in [1.165, 1.54) is 6.07 Å². The molecule has 0 saturated heterocycles. The Morgan fingerprint density at radius 3 is 2.92 bits per heavy atom. The number of aromatic nitrogens is 2. The summed E-state index contributed by atoms with van der Waals surface area (Å²) in [4.78, 5) is 12.9. The maximum Gasteiger partial charge on any atom is 0.232 e. The van der Waals surface area contributed by atoms with Crippen LogP contribution in [0.4, 0.5) is 4.39 Å². The van der Waals surface area contributed by atoms with Gasteiger partial charge in [0.15, 0.2) is 0 Å². The number of hydrogen-bond donors (Lipinski definition) is 1. The number of nitrogens with zero attached hydrogens (tertiary/aromatic N) is 2. The Kier molecular flexibility index (Phi) is 3.82. The van der Waals surface area contributed by atoms with Crippen LogP contribution >= 0.6 is 0 Å². The van der Waals surface area contributed by atoms with Crippen molar-refractivity contribution in [2.24, 2.45) is 5.92 Å². The minimum Gasteiger partial charge on any atom is -0.355 e. The lowest BCUT2D eigenvalue weighted by molar-refractivity contribution is -0.126. The van der Waals surface area contributed by atoms with Crippen LogP contribution in [0.3, 0.4) is 0 Å². The van der Waals surface area contributed by atoms with Gasteiger partial charge in [-0.05, 0) is 54.9 Å². The highest BCUT2D eigenvalue weighted by molar-refractivity contribution is 5.90. The summed E-state index contributed by atoms with van der Waals surface area (Å²) in [5.41, 5.74) is 2.32. The van der Waals surface area contributed by atoms with E-state index in [4.69, 9.17) is 0 Å². The molecule has 2 bridgehead atoms. The van der Waals surface area contributed by atoms with E-state index in [0.717, 1.165) is 30.5 Å². The second-order valence-electron chi connectivity index (χ2n) is 7.64. The molecule has 2 aliphatic carbocycles. The molecule has 1 aromatic heterocycles. The van der Waals surface area contributed by atoms with Crippen molar-refractivity contribution >= 4 is 5.91 Å². The van der Waals surface area contributed by atoms with Gasteiger partial charge in [-0.15, -0.1) is 0 Å². The molecular formula is C20H22FN3O. The third kappa shape index (κ3) is 2.53. The monoisotopic (exact) mass is 339 g/mol. The van der Waals surface area contributed by atoms with E-state index in [1.54, 1.807) is 18.2 Å². The number of hydrogen-bond acceptors (Lipinski definition) is 3. The van der Waals surface area contributed by atoms with E-state index in [0.29, 0.717) is 29.6 Å². The first-order valence-electron chi connectivity index (χ1n) is 8.92. The first-order valence-corrected chi connectivity index (χ1v) is 8.92. The smallest absolute Gasteiger partial charge is 0.232 e. The molecular weight excluding hydrogens is 317 g/mol. The zero-order valence-corrected chi connectivity index (χ0v) is 14.6. The van der Waals surface area contributed by atoms with Crippen molar-refractivity contribution in [3.8, 4) is 11.3 Å². The zero-order chi connectivity index (χ0) is 17.6. The van der Waals surface area contributed by atoms with Crippen molar-refractivity contribution in [1.82, 2.24) is 15.5 Å². The van der Waals surface area contributed by atoms with Gasteiger partial charge in [0.25, 0.3) is 0 Å². The molecule has 1 aromatic carbocycles. The maximum atomic E-state index is 14.1. The van der Waals surface area contributed by atoms with Crippen molar-refractivity contribution < 1.29 is 9.18 Å². The zero-order valence-electron chi connectivity index (χ0n) is 14.6. The first-order chi connectivity index (χ1) is 12.0. The highest BCUT2D eigenvalue weighted by Crippen LogP contribution is 2.56. The molecule has 1 fully saturated rings. The highest BCUT2D eigenvalue weighted by Gasteiger charge is 2.55. The molecule has 1 saturated carbocycles. The van der Waals surface area contributed by atoms with Gasteiger partial charge in [0.05, 0.1) is 16.8 Å². The third-order valence-electron chi connectivity index (χ3n) is 5.49. The number of nitrogens with one attached hydrogen (secondary N) is 1. The third-order valence-corrected chi connectivity index (χ3v) is 5.49. The van der Waals surface area contributed by atoms with Gasteiger partial charge in [0, 0.05) is 12.1 Å². The number of fused-ring (bicyclic) bond motifs is 5. The van der Waals surface area contributed by atoms with Crippen molar-refractivity contribution in [2.75, 3.05) is 6.54 Å². The van der Waals surface area contributed by atoms with Crippen LogP contribution in [0.1, 0.15) is 50.3 Å². The lowest BCUT2D eigenvalue weighted by Gasteiger charge is -2.26. The minimum atomic E-state index is -0.546. The molecule has 1 N–H and O–H groups in total. The average Bonchev–Trinajstić information content (AvgIpc) is 3.18. The van der Waals surface area contributed by atoms with Crippen molar-refractivity contribution in [3.05, 3.63) is 47.4 Å². The summed E-state index contributed by atoms with van der Waals surface area (Å²) in [5, 5.41) is 11.7. The SMILES string of the molecule is CC(C)CNC(=O)[C@@]12CC[C@@H](C1)c1cc(-c3ccccc3F)nnc12. The first kappa shape index (κ1) is 16.2. The van der Waals surface area contributed by atoms with Gasteiger partial charge >= 0.3 is 0 Å². The van der Waals surface area contributed by atoms with Gasteiger partial charge in [-0.3, -0.25) is 4.79 Å². The molecule has 1 amide bonds. The Labute approximate surface area is 146 Å². The fourth-order valence-electron chi connectivity index (χ4n) is 4.20. The Morgan fingerprint density at radius 1 is 1.36 bits per heavy atom. The summed E-state index contributed by atoms with van der Waals surface area (Å²) in [5.74, 6) is 0.494. The summed E-state index contributed by atoms with van der Waals surface area (Å²) in [6, 6.07) is 8.53. The van der Waals surface area contributed by atoms with Gasteiger partial charge < -0.3 is 5.32 Å². The predicted molar refractivity (Wildman–Crippen MR) is 93.5 cm³/mol. The lowest BCUT2D eigenvalue weighted by atomic mass is 9.82. The standard InChI is InChI=1S/C20H22FN3O/c1-12(2)11-22-19(25)20-8-7-13(10-20)15-9-17(23-24-18(15)20)14-5-3-4-6-16(14)21/h3-6,9,12-13H,7-8,10-11H2,1-2H3,(H,22,25)/t13-,20-/m0/s1. The van der Waals surface area contributed by atoms with Crippen molar-refractivity contribution in [1.29, 1.82) is 0 Å². The van der Waals surface area contributed by atoms with E-state index in [1.807, 2.05) is 6.07 Å². The minimum absolute atomic E-state index is 0.0652. The lowest BCUT2D eigenvalue weighted by Crippen LogP contribution is -2.43. The normalized spacial score (nSPS) is 23.8. The Bertz CT molecular complexity index is 835. The van der Waals surface area contributed by atoms with Gasteiger partial charge in [-0.2, -0.15) is 10.2 Å². The highest BCUT2D eigenvalue weighted by atomic mass is 19.1. The summed E-state index contributed by atoms with van der Waals surface area (Å²) in [6.45, 7) is 4.83. The summed E-state index contributed by atoms with van der Waals surface area (Å²) in [6.07, 6.45) is 2.59. The Hall–Kier alpha value is -2.30. The van der Waals surface area contributed by atoms with Gasteiger partial charge in [-0.1, -0.05) is 26.0 Å². The summed E-state index contributed by atoms with van der Waals surface area (Å²) in [7, 11) is 0. The Balaban J connectivity index is 1.70. The second kappa shape index (κ2) is 5.90. The second-order valence-corrected chi connectivity index (χ2v) is 7.64. The van der Waals surface area contributed by atoms with Crippen LogP contribution in [0.2, 0.25) is 0 Å². The van der Waals surface area contributed by atoms with Crippen molar-refractivity contribution in [2.45, 2.75) is 44.4 Å². The molecule has 0 radical (unpaired) electrons. The molecule has 2 aromatic rings. The van der Waals surface area contributed by atoms with Crippen LogP contribution in [0, 0.1) is 11.7 Å². The van der Waals surface area contributed by atoms with Crippen LogP contribution in [0.5, 0.6) is 0 Å².